The van der Waals surface area contributed by atoms with E-state index in [0.717, 1.165) is 31.9 Å². The Labute approximate surface area is 141 Å². The van der Waals surface area contributed by atoms with Gasteiger partial charge >= 0.3 is 0 Å². The van der Waals surface area contributed by atoms with E-state index in [4.69, 9.17) is 4.42 Å². The third-order valence-electron chi connectivity index (χ3n) is 4.23. The second kappa shape index (κ2) is 7.44. The Kier molecular flexibility index (Phi) is 5.10. The molecule has 1 aliphatic heterocycles. The molecule has 1 N–H and O–H groups in total. The number of likely N-dealkylation sites (N-methyl/N-ethyl adjacent to an activating group) is 1. The lowest BCUT2D eigenvalue weighted by atomic mass is 10.2. The van der Waals surface area contributed by atoms with Gasteiger partial charge in [0.1, 0.15) is 5.76 Å². The van der Waals surface area contributed by atoms with Gasteiger partial charge in [-0.1, -0.05) is 0 Å². The molecule has 1 fully saturated rings. The van der Waals surface area contributed by atoms with Crippen molar-refractivity contribution in [2.45, 2.75) is 13.3 Å². The largest absolute Gasteiger partial charge is 0.469 e. The van der Waals surface area contributed by atoms with Crippen molar-refractivity contribution >= 4 is 11.9 Å². The number of anilines is 1. The maximum atomic E-state index is 12.3. The quantitative estimate of drug-likeness (QED) is 0.885. The van der Waals surface area contributed by atoms with Gasteiger partial charge in [0, 0.05) is 45.3 Å². The van der Waals surface area contributed by atoms with Crippen LogP contribution < -0.4 is 10.2 Å². The molecule has 0 unspecified atom stereocenters. The van der Waals surface area contributed by atoms with Crippen molar-refractivity contribution in [1.29, 1.82) is 0 Å². The van der Waals surface area contributed by atoms with E-state index in [-0.39, 0.29) is 5.91 Å². The molecule has 0 saturated carbocycles. The third-order valence-corrected chi connectivity index (χ3v) is 4.23. The fourth-order valence-corrected chi connectivity index (χ4v) is 2.69. The van der Waals surface area contributed by atoms with Gasteiger partial charge in [-0.3, -0.25) is 4.79 Å². The van der Waals surface area contributed by atoms with Gasteiger partial charge in [0.2, 0.25) is 5.95 Å². The molecule has 2 aromatic heterocycles. The van der Waals surface area contributed by atoms with E-state index in [1.807, 2.05) is 19.1 Å². The summed E-state index contributed by atoms with van der Waals surface area (Å²) in [5.74, 6) is 1.41. The van der Waals surface area contributed by atoms with E-state index >= 15 is 0 Å². The zero-order valence-electron chi connectivity index (χ0n) is 14.2. The summed E-state index contributed by atoms with van der Waals surface area (Å²) in [6, 6.07) is 3.73. The third kappa shape index (κ3) is 3.91. The van der Waals surface area contributed by atoms with E-state index in [0.29, 0.717) is 30.2 Å². The van der Waals surface area contributed by atoms with Gasteiger partial charge in [0.05, 0.1) is 17.5 Å². The second-order valence-corrected chi connectivity index (χ2v) is 6.04. The van der Waals surface area contributed by atoms with Crippen LogP contribution in [0.1, 0.15) is 21.8 Å². The molecule has 1 saturated heterocycles. The highest BCUT2D eigenvalue weighted by atomic mass is 16.3. The zero-order chi connectivity index (χ0) is 16.9. The number of aromatic nitrogens is 2. The van der Waals surface area contributed by atoms with Crippen LogP contribution in [0.15, 0.2) is 29.0 Å². The Bertz CT molecular complexity index is 678. The molecule has 7 nitrogen and oxygen atoms in total. The Morgan fingerprint density at radius 3 is 2.79 bits per heavy atom. The second-order valence-electron chi connectivity index (χ2n) is 6.04. The average molecular weight is 329 g/mol. The summed E-state index contributed by atoms with van der Waals surface area (Å²) in [7, 11) is 2.11. The zero-order valence-corrected chi connectivity index (χ0v) is 14.2. The summed E-state index contributed by atoms with van der Waals surface area (Å²) >= 11 is 0. The molecule has 0 atom stereocenters. The predicted octanol–water partition coefficient (Wildman–Crippen LogP) is 1.10. The molecule has 0 radical (unpaired) electrons. The van der Waals surface area contributed by atoms with Crippen molar-refractivity contribution in [3.63, 3.8) is 0 Å². The first-order chi connectivity index (χ1) is 11.6. The van der Waals surface area contributed by atoms with Gasteiger partial charge < -0.3 is 19.5 Å². The van der Waals surface area contributed by atoms with Crippen molar-refractivity contribution in [3.8, 4) is 0 Å². The summed E-state index contributed by atoms with van der Waals surface area (Å²) in [4.78, 5) is 25.6. The summed E-state index contributed by atoms with van der Waals surface area (Å²) in [5, 5.41) is 2.88. The highest BCUT2D eigenvalue weighted by molar-refractivity contribution is 5.94. The average Bonchev–Trinajstić information content (AvgIpc) is 3.08. The van der Waals surface area contributed by atoms with Crippen LogP contribution in [-0.4, -0.2) is 60.5 Å². The smallest absolute Gasteiger partial charge is 0.254 e. The van der Waals surface area contributed by atoms with Crippen molar-refractivity contribution in [2.24, 2.45) is 0 Å². The minimum Gasteiger partial charge on any atom is -0.469 e. The van der Waals surface area contributed by atoms with Gasteiger partial charge in [0.25, 0.3) is 5.91 Å². The van der Waals surface area contributed by atoms with Crippen LogP contribution in [-0.2, 0) is 6.42 Å². The first-order valence-corrected chi connectivity index (χ1v) is 8.21. The maximum Gasteiger partial charge on any atom is 0.254 e. The van der Waals surface area contributed by atoms with Crippen LogP contribution in [0.2, 0.25) is 0 Å². The van der Waals surface area contributed by atoms with Gasteiger partial charge in [-0.2, -0.15) is 0 Å². The Balaban J connectivity index is 1.58. The molecule has 7 heteroatoms. The number of hydrogen-bond acceptors (Lipinski definition) is 6. The Hall–Kier alpha value is -2.41. The molecule has 3 heterocycles. The van der Waals surface area contributed by atoms with E-state index in [2.05, 4.69) is 32.1 Å². The number of hydrogen-bond donors (Lipinski definition) is 1. The van der Waals surface area contributed by atoms with Gasteiger partial charge in [-0.05, 0) is 26.1 Å². The van der Waals surface area contributed by atoms with Crippen molar-refractivity contribution in [3.05, 3.63) is 41.6 Å². The van der Waals surface area contributed by atoms with Gasteiger partial charge in [0.15, 0.2) is 0 Å². The van der Waals surface area contributed by atoms with Crippen molar-refractivity contribution in [2.75, 3.05) is 44.7 Å². The monoisotopic (exact) mass is 329 g/mol. The van der Waals surface area contributed by atoms with Gasteiger partial charge in [-0.25, -0.2) is 9.97 Å². The van der Waals surface area contributed by atoms with Crippen LogP contribution >= 0.6 is 0 Å². The summed E-state index contributed by atoms with van der Waals surface area (Å²) < 4.78 is 5.25. The number of nitrogens with one attached hydrogen (secondary N) is 1. The van der Waals surface area contributed by atoms with E-state index in [1.54, 1.807) is 12.5 Å². The number of piperazine rings is 1. The highest BCUT2D eigenvalue weighted by Gasteiger charge is 2.18. The molecule has 2 aromatic rings. The number of amides is 1. The van der Waals surface area contributed by atoms with Crippen LogP contribution in [0, 0.1) is 6.92 Å². The summed E-state index contributed by atoms with van der Waals surface area (Å²) in [5.41, 5.74) is 1.22. The molecule has 0 bridgehead atoms. The molecule has 3 rings (SSSR count). The van der Waals surface area contributed by atoms with Crippen LogP contribution in [0.3, 0.4) is 0 Å². The first kappa shape index (κ1) is 16.4. The summed E-state index contributed by atoms with van der Waals surface area (Å²) in [6.07, 6.45) is 3.92. The molecule has 0 aromatic carbocycles. The lowest BCUT2D eigenvalue weighted by Crippen LogP contribution is -2.45. The van der Waals surface area contributed by atoms with Gasteiger partial charge in [-0.15, -0.1) is 0 Å². The number of nitrogens with zero attached hydrogens (tertiary/aromatic N) is 4. The van der Waals surface area contributed by atoms with E-state index in [9.17, 15) is 4.79 Å². The normalized spacial score (nSPS) is 15.5. The number of rotatable bonds is 5. The van der Waals surface area contributed by atoms with Crippen LogP contribution in [0.5, 0.6) is 0 Å². The molecule has 24 heavy (non-hydrogen) atoms. The number of furan rings is 1. The SMILES string of the molecule is Cc1nc(N2CCN(C)CC2)ncc1C(=O)NCCc1ccco1. The number of aryl methyl sites for hydroxylation is 1. The topological polar surface area (TPSA) is 74.5 Å². The molecule has 128 valence electrons. The lowest BCUT2D eigenvalue weighted by molar-refractivity contribution is 0.0952. The molecule has 0 aliphatic carbocycles. The molecule has 1 amide bonds. The highest BCUT2D eigenvalue weighted by Crippen LogP contribution is 2.13. The standard InChI is InChI=1S/C17H23N5O2/c1-13-15(16(23)18-6-5-14-4-3-11-24-14)12-19-17(20-13)22-9-7-21(2)8-10-22/h3-4,11-12H,5-10H2,1-2H3,(H,18,23). The van der Waals surface area contributed by atoms with E-state index < -0.39 is 0 Å². The molecule has 1 aliphatic rings. The molecular formula is C17H23N5O2. The lowest BCUT2D eigenvalue weighted by Gasteiger charge is -2.32. The minimum absolute atomic E-state index is 0.149. The summed E-state index contributed by atoms with van der Waals surface area (Å²) in [6.45, 7) is 6.18. The number of carbonyl (C=O) groups excluding carboxylic acids is 1. The number of carbonyl (C=O) groups is 1. The van der Waals surface area contributed by atoms with Crippen molar-refractivity contribution < 1.29 is 9.21 Å². The fourth-order valence-electron chi connectivity index (χ4n) is 2.69. The first-order valence-electron chi connectivity index (χ1n) is 8.21. The molecule has 0 spiro atoms. The predicted molar refractivity (Wildman–Crippen MR) is 91.2 cm³/mol. The fraction of sp³-hybridized carbons (Fsp3) is 0.471. The maximum absolute atomic E-state index is 12.3. The van der Waals surface area contributed by atoms with Crippen LogP contribution in [0.4, 0.5) is 5.95 Å². The minimum atomic E-state index is -0.149. The van der Waals surface area contributed by atoms with E-state index in [1.165, 1.54) is 0 Å². The van der Waals surface area contributed by atoms with Crippen LogP contribution in [0.25, 0.3) is 0 Å². The Morgan fingerprint density at radius 1 is 1.33 bits per heavy atom. The Morgan fingerprint density at radius 2 is 2.12 bits per heavy atom. The molecular weight excluding hydrogens is 306 g/mol. The van der Waals surface area contributed by atoms with Crippen molar-refractivity contribution in [1.82, 2.24) is 20.2 Å².